The Hall–Kier alpha value is -1.60. The van der Waals surface area contributed by atoms with E-state index < -0.39 is 7.14 Å². The van der Waals surface area contributed by atoms with Gasteiger partial charge in [-0.25, -0.2) is 0 Å². The van der Waals surface area contributed by atoms with Crippen LogP contribution in [0, 0.1) is 12.3 Å². The summed E-state index contributed by atoms with van der Waals surface area (Å²) in [5, 5.41) is 6.10. The highest BCUT2D eigenvalue weighted by molar-refractivity contribution is 7.63. The van der Waals surface area contributed by atoms with Gasteiger partial charge in [-0.1, -0.05) is 24.1 Å². The van der Waals surface area contributed by atoms with Crippen molar-refractivity contribution in [3.63, 3.8) is 0 Å². The minimum Gasteiger partial charge on any atom is -0.362 e. The standard InChI is InChI=1S/C17H23N2O3P/c1-4-10-18-16-11-14(15(12-22-16)23(2,3)21)19-17(20)13-8-6-5-7-9-13/h1,5-9,14-16,18H,10-12H2,2-3H3,(H,19,20). The molecule has 1 aliphatic heterocycles. The number of amides is 1. The first-order valence-corrected chi connectivity index (χ1v) is 10.3. The van der Waals surface area contributed by atoms with Crippen LogP contribution < -0.4 is 10.6 Å². The van der Waals surface area contributed by atoms with Crippen LogP contribution in [0.15, 0.2) is 30.3 Å². The molecule has 23 heavy (non-hydrogen) atoms. The highest BCUT2D eigenvalue weighted by atomic mass is 31.2. The minimum atomic E-state index is -2.41. The summed E-state index contributed by atoms with van der Waals surface area (Å²) in [6, 6.07) is 8.80. The zero-order chi connectivity index (χ0) is 16.9. The van der Waals surface area contributed by atoms with Gasteiger partial charge in [0.1, 0.15) is 6.23 Å². The first-order chi connectivity index (χ1) is 10.9. The van der Waals surface area contributed by atoms with Crippen LogP contribution in [-0.2, 0) is 9.30 Å². The molecule has 0 spiro atoms. The number of hydrogen-bond acceptors (Lipinski definition) is 4. The molecule has 1 saturated heterocycles. The van der Waals surface area contributed by atoms with Crippen LogP contribution in [0.3, 0.4) is 0 Å². The summed E-state index contributed by atoms with van der Waals surface area (Å²) in [6.45, 7) is 4.20. The number of ether oxygens (including phenoxy) is 1. The monoisotopic (exact) mass is 334 g/mol. The van der Waals surface area contributed by atoms with E-state index in [1.807, 2.05) is 18.2 Å². The SMILES string of the molecule is C#CCNC1CC(NC(=O)c2ccccc2)C(P(C)(C)=O)CO1. The van der Waals surface area contributed by atoms with Crippen molar-refractivity contribution in [3.8, 4) is 12.3 Å². The van der Waals surface area contributed by atoms with E-state index in [4.69, 9.17) is 11.2 Å². The Morgan fingerprint density at radius 2 is 2.09 bits per heavy atom. The van der Waals surface area contributed by atoms with E-state index in [0.29, 0.717) is 25.1 Å². The first-order valence-electron chi connectivity index (χ1n) is 7.61. The fourth-order valence-corrected chi connectivity index (χ4v) is 4.22. The Morgan fingerprint density at radius 1 is 1.39 bits per heavy atom. The van der Waals surface area contributed by atoms with Gasteiger partial charge < -0.3 is 14.6 Å². The van der Waals surface area contributed by atoms with Gasteiger partial charge in [-0.2, -0.15) is 0 Å². The lowest BCUT2D eigenvalue weighted by molar-refractivity contribution is -0.0129. The Morgan fingerprint density at radius 3 is 2.70 bits per heavy atom. The second kappa shape index (κ2) is 7.79. The minimum absolute atomic E-state index is 0.161. The Bertz CT molecular complexity index is 620. The number of benzene rings is 1. The van der Waals surface area contributed by atoms with E-state index in [-0.39, 0.29) is 23.8 Å². The van der Waals surface area contributed by atoms with Crippen molar-refractivity contribution in [2.75, 3.05) is 26.5 Å². The van der Waals surface area contributed by atoms with Gasteiger partial charge in [-0.3, -0.25) is 10.1 Å². The van der Waals surface area contributed by atoms with Crippen molar-refractivity contribution in [3.05, 3.63) is 35.9 Å². The second-order valence-electron chi connectivity index (χ2n) is 6.09. The molecule has 5 nitrogen and oxygen atoms in total. The molecule has 0 aliphatic carbocycles. The van der Waals surface area contributed by atoms with E-state index in [1.165, 1.54) is 0 Å². The van der Waals surface area contributed by atoms with Gasteiger partial charge in [0, 0.05) is 18.0 Å². The molecular formula is C17H23N2O3P. The summed E-state index contributed by atoms with van der Waals surface area (Å²) < 4.78 is 18.2. The highest BCUT2D eigenvalue weighted by Crippen LogP contribution is 2.46. The normalized spacial score (nSPS) is 24.7. The molecule has 0 radical (unpaired) electrons. The lowest BCUT2D eigenvalue weighted by atomic mass is 10.1. The summed E-state index contributed by atoms with van der Waals surface area (Å²) in [5.74, 6) is 2.34. The Kier molecular flexibility index (Phi) is 6.01. The maximum absolute atomic E-state index is 12.5. The summed E-state index contributed by atoms with van der Waals surface area (Å²) in [6.07, 6.45) is 5.55. The van der Waals surface area contributed by atoms with Crippen molar-refractivity contribution >= 4 is 13.0 Å². The van der Waals surface area contributed by atoms with Crippen molar-refractivity contribution in [1.82, 2.24) is 10.6 Å². The molecule has 1 aromatic carbocycles. The molecule has 2 rings (SSSR count). The quantitative estimate of drug-likeness (QED) is 0.636. The summed E-state index contributed by atoms with van der Waals surface area (Å²) in [5.41, 5.74) is 0.395. The summed E-state index contributed by atoms with van der Waals surface area (Å²) in [4.78, 5) is 12.4. The van der Waals surface area contributed by atoms with E-state index in [0.717, 1.165) is 0 Å². The van der Waals surface area contributed by atoms with Crippen LogP contribution in [0.1, 0.15) is 16.8 Å². The van der Waals surface area contributed by atoms with Crippen LogP contribution in [0.2, 0.25) is 0 Å². The molecule has 3 atom stereocenters. The van der Waals surface area contributed by atoms with Crippen LogP contribution in [0.4, 0.5) is 0 Å². The molecule has 3 unspecified atom stereocenters. The number of nitrogens with one attached hydrogen (secondary N) is 2. The third kappa shape index (κ3) is 4.94. The molecule has 1 aromatic rings. The average Bonchev–Trinajstić information content (AvgIpc) is 2.52. The fourth-order valence-electron chi connectivity index (χ4n) is 2.71. The predicted molar refractivity (Wildman–Crippen MR) is 92.1 cm³/mol. The lowest BCUT2D eigenvalue weighted by Crippen LogP contribution is -2.54. The molecule has 0 saturated carbocycles. The highest BCUT2D eigenvalue weighted by Gasteiger charge is 2.38. The van der Waals surface area contributed by atoms with Gasteiger partial charge in [0.15, 0.2) is 0 Å². The molecular weight excluding hydrogens is 311 g/mol. The van der Waals surface area contributed by atoms with E-state index in [2.05, 4.69) is 16.6 Å². The maximum atomic E-state index is 12.5. The van der Waals surface area contributed by atoms with E-state index in [1.54, 1.807) is 25.5 Å². The Labute approximate surface area is 137 Å². The Balaban J connectivity index is 2.10. The van der Waals surface area contributed by atoms with Gasteiger partial charge in [-0.15, -0.1) is 6.42 Å². The molecule has 2 N–H and O–H groups in total. The van der Waals surface area contributed by atoms with Crippen LogP contribution in [0.5, 0.6) is 0 Å². The molecule has 1 aliphatic rings. The molecule has 0 bridgehead atoms. The van der Waals surface area contributed by atoms with Crippen LogP contribution in [-0.4, -0.2) is 50.3 Å². The number of carbonyl (C=O) groups is 1. The van der Waals surface area contributed by atoms with Crippen LogP contribution in [0.25, 0.3) is 0 Å². The van der Waals surface area contributed by atoms with Crippen molar-refractivity contribution in [2.24, 2.45) is 0 Å². The van der Waals surface area contributed by atoms with Gasteiger partial charge >= 0.3 is 0 Å². The van der Waals surface area contributed by atoms with Gasteiger partial charge in [0.2, 0.25) is 0 Å². The topological polar surface area (TPSA) is 67.4 Å². The van der Waals surface area contributed by atoms with Gasteiger partial charge in [0.25, 0.3) is 5.91 Å². The van der Waals surface area contributed by atoms with Crippen molar-refractivity contribution < 1.29 is 14.1 Å². The maximum Gasteiger partial charge on any atom is 0.251 e. The largest absolute Gasteiger partial charge is 0.362 e. The fraction of sp³-hybridized carbons (Fsp3) is 0.471. The molecule has 6 heteroatoms. The molecule has 1 fully saturated rings. The van der Waals surface area contributed by atoms with Gasteiger partial charge in [0.05, 0.1) is 26.0 Å². The molecule has 1 amide bonds. The zero-order valence-electron chi connectivity index (χ0n) is 13.5. The molecule has 0 aromatic heterocycles. The third-order valence-corrected chi connectivity index (χ3v) is 6.09. The summed E-state index contributed by atoms with van der Waals surface area (Å²) >= 11 is 0. The number of terminal acetylenes is 1. The van der Waals surface area contributed by atoms with E-state index >= 15 is 0 Å². The predicted octanol–water partition coefficient (Wildman–Crippen LogP) is 1.75. The smallest absolute Gasteiger partial charge is 0.251 e. The first kappa shape index (κ1) is 17.7. The molecule has 124 valence electrons. The third-order valence-electron chi connectivity index (χ3n) is 3.98. The molecule has 1 heterocycles. The number of rotatable bonds is 5. The lowest BCUT2D eigenvalue weighted by Gasteiger charge is -2.38. The van der Waals surface area contributed by atoms with Crippen molar-refractivity contribution in [1.29, 1.82) is 0 Å². The summed E-state index contributed by atoms with van der Waals surface area (Å²) in [7, 11) is -2.41. The van der Waals surface area contributed by atoms with Crippen molar-refractivity contribution in [2.45, 2.75) is 24.3 Å². The number of carbonyl (C=O) groups excluding carboxylic acids is 1. The van der Waals surface area contributed by atoms with E-state index in [9.17, 15) is 9.36 Å². The average molecular weight is 334 g/mol. The second-order valence-corrected chi connectivity index (χ2v) is 9.62. The zero-order valence-corrected chi connectivity index (χ0v) is 14.4. The van der Waals surface area contributed by atoms with Gasteiger partial charge in [-0.05, 0) is 25.5 Å². The van der Waals surface area contributed by atoms with Crippen LogP contribution >= 0.6 is 7.14 Å². The number of hydrogen-bond donors (Lipinski definition) is 2.